The monoisotopic (exact) mass is 343 g/mol. The van der Waals surface area contributed by atoms with Crippen molar-refractivity contribution in [1.29, 1.82) is 0 Å². The van der Waals surface area contributed by atoms with Crippen LogP contribution in [0.4, 0.5) is 5.69 Å². The van der Waals surface area contributed by atoms with Crippen molar-refractivity contribution in [3.63, 3.8) is 0 Å². The molecule has 0 radical (unpaired) electrons. The molecule has 0 spiro atoms. The van der Waals surface area contributed by atoms with Gasteiger partial charge in [0.2, 0.25) is 5.91 Å². The predicted molar refractivity (Wildman–Crippen MR) is 94.3 cm³/mol. The average molecular weight is 343 g/mol. The number of carbonyl (C=O) groups excluding carboxylic acids is 1. The van der Waals surface area contributed by atoms with Crippen LogP contribution >= 0.6 is 0 Å². The fourth-order valence-corrected chi connectivity index (χ4v) is 3.91. The van der Waals surface area contributed by atoms with Crippen LogP contribution in [0.15, 0.2) is 24.8 Å². The second-order valence-corrected chi connectivity index (χ2v) is 7.00. The summed E-state index contributed by atoms with van der Waals surface area (Å²) in [6, 6.07) is 0. The first kappa shape index (κ1) is 16.1. The van der Waals surface area contributed by atoms with E-state index >= 15 is 0 Å². The standard InChI is InChI=1S/C17H25N7O/c1-21-11-13(7-19-21)15-9-18-10-16(15)17(25)24-5-3-23(4-6-24)14-8-20-22(2)12-14/h7-8,11-12,15-16,18H,3-6,9-10H2,1-2H3/t15-,16+/m1/s1. The van der Waals surface area contributed by atoms with Crippen LogP contribution in [-0.4, -0.2) is 69.6 Å². The summed E-state index contributed by atoms with van der Waals surface area (Å²) < 4.78 is 3.62. The van der Waals surface area contributed by atoms with Crippen molar-refractivity contribution >= 4 is 11.6 Å². The number of anilines is 1. The Morgan fingerprint density at radius 1 is 1.04 bits per heavy atom. The highest BCUT2D eigenvalue weighted by Gasteiger charge is 2.37. The van der Waals surface area contributed by atoms with Crippen LogP contribution in [0.1, 0.15) is 11.5 Å². The molecule has 2 fully saturated rings. The lowest BCUT2D eigenvalue weighted by atomic mass is 9.89. The largest absolute Gasteiger partial charge is 0.365 e. The highest BCUT2D eigenvalue weighted by molar-refractivity contribution is 5.81. The molecule has 8 nitrogen and oxygen atoms in total. The molecular weight excluding hydrogens is 318 g/mol. The minimum atomic E-state index is 0.00846. The molecule has 0 aliphatic carbocycles. The Balaban J connectivity index is 1.40. The zero-order chi connectivity index (χ0) is 17.4. The van der Waals surface area contributed by atoms with Gasteiger partial charge in [-0.25, -0.2) is 0 Å². The maximum absolute atomic E-state index is 13.1. The van der Waals surface area contributed by atoms with Crippen molar-refractivity contribution in [2.45, 2.75) is 5.92 Å². The number of hydrogen-bond acceptors (Lipinski definition) is 5. The van der Waals surface area contributed by atoms with Gasteiger partial charge in [-0.2, -0.15) is 10.2 Å². The number of rotatable bonds is 3. The van der Waals surface area contributed by atoms with E-state index in [-0.39, 0.29) is 17.7 Å². The lowest BCUT2D eigenvalue weighted by Crippen LogP contribution is -2.51. The Bertz CT molecular complexity index is 744. The summed E-state index contributed by atoms with van der Waals surface area (Å²) in [5.41, 5.74) is 2.28. The number of piperazine rings is 1. The van der Waals surface area contributed by atoms with Gasteiger partial charge < -0.3 is 15.1 Å². The molecule has 1 amide bonds. The fraction of sp³-hybridized carbons (Fsp3) is 0.588. The van der Waals surface area contributed by atoms with Crippen molar-refractivity contribution < 1.29 is 4.79 Å². The fourth-order valence-electron chi connectivity index (χ4n) is 3.91. The summed E-state index contributed by atoms with van der Waals surface area (Å²) in [5.74, 6) is 0.497. The van der Waals surface area contributed by atoms with E-state index in [2.05, 4.69) is 20.4 Å². The van der Waals surface area contributed by atoms with E-state index in [1.165, 1.54) is 0 Å². The average Bonchev–Trinajstić information content (AvgIpc) is 3.34. The first-order valence-electron chi connectivity index (χ1n) is 8.83. The third kappa shape index (κ3) is 3.13. The minimum Gasteiger partial charge on any atom is -0.365 e. The molecule has 0 unspecified atom stereocenters. The SMILES string of the molecule is Cn1cc([C@H]2CNC[C@@H]2C(=O)N2CCN(c3cnn(C)c3)CC2)cn1. The quantitative estimate of drug-likeness (QED) is 0.836. The summed E-state index contributed by atoms with van der Waals surface area (Å²) in [6.45, 7) is 4.84. The van der Waals surface area contributed by atoms with Gasteiger partial charge in [0.1, 0.15) is 0 Å². The molecule has 8 heteroatoms. The first-order valence-corrected chi connectivity index (χ1v) is 8.83. The number of aromatic nitrogens is 4. The number of aryl methyl sites for hydroxylation is 2. The molecule has 2 aliphatic heterocycles. The van der Waals surface area contributed by atoms with Crippen LogP contribution in [0.5, 0.6) is 0 Å². The van der Waals surface area contributed by atoms with Crippen LogP contribution in [-0.2, 0) is 18.9 Å². The summed E-state index contributed by atoms with van der Waals surface area (Å²) in [5, 5.41) is 11.9. The highest BCUT2D eigenvalue weighted by atomic mass is 16.2. The molecule has 4 rings (SSSR count). The number of nitrogens with one attached hydrogen (secondary N) is 1. The third-order valence-corrected chi connectivity index (χ3v) is 5.33. The molecule has 134 valence electrons. The van der Waals surface area contributed by atoms with E-state index in [4.69, 9.17) is 0 Å². The van der Waals surface area contributed by atoms with E-state index < -0.39 is 0 Å². The van der Waals surface area contributed by atoms with Gasteiger partial charge in [-0.3, -0.25) is 14.2 Å². The Morgan fingerprint density at radius 2 is 1.76 bits per heavy atom. The van der Waals surface area contributed by atoms with Crippen molar-refractivity contribution in [3.05, 3.63) is 30.4 Å². The Morgan fingerprint density at radius 3 is 2.40 bits per heavy atom. The molecule has 2 saturated heterocycles. The molecule has 2 aromatic rings. The maximum Gasteiger partial charge on any atom is 0.227 e. The van der Waals surface area contributed by atoms with Gasteiger partial charge in [0.15, 0.2) is 0 Å². The summed E-state index contributed by atoms with van der Waals surface area (Å²) >= 11 is 0. The number of carbonyl (C=O) groups is 1. The number of nitrogens with zero attached hydrogens (tertiary/aromatic N) is 6. The molecule has 2 aliphatic rings. The molecule has 1 N–H and O–H groups in total. The Kier molecular flexibility index (Phi) is 4.20. The van der Waals surface area contributed by atoms with Gasteiger partial charge in [-0.15, -0.1) is 0 Å². The van der Waals surface area contributed by atoms with Crippen LogP contribution in [0, 0.1) is 5.92 Å². The van der Waals surface area contributed by atoms with E-state index in [1.807, 2.05) is 53.1 Å². The molecular formula is C17H25N7O. The first-order chi connectivity index (χ1) is 12.1. The van der Waals surface area contributed by atoms with Crippen LogP contribution in [0.2, 0.25) is 0 Å². The number of hydrogen-bond donors (Lipinski definition) is 1. The predicted octanol–water partition coefficient (Wildman–Crippen LogP) is -0.195. The van der Waals surface area contributed by atoms with E-state index in [0.29, 0.717) is 0 Å². The molecule has 0 saturated carbocycles. The van der Waals surface area contributed by atoms with Gasteiger partial charge in [0.05, 0.1) is 24.0 Å². The van der Waals surface area contributed by atoms with Crippen molar-refractivity contribution in [2.24, 2.45) is 20.0 Å². The van der Waals surface area contributed by atoms with Gasteiger partial charge in [0.25, 0.3) is 0 Å². The van der Waals surface area contributed by atoms with Crippen LogP contribution in [0.3, 0.4) is 0 Å². The molecule has 2 aromatic heterocycles. The van der Waals surface area contributed by atoms with Crippen molar-refractivity contribution in [2.75, 3.05) is 44.2 Å². The second-order valence-electron chi connectivity index (χ2n) is 7.00. The third-order valence-electron chi connectivity index (χ3n) is 5.33. The van der Waals surface area contributed by atoms with Gasteiger partial charge in [-0.05, 0) is 5.56 Å². The Hall–Kier alpha value is -2.35. The zero-order valence-electron chi connectivity index (χ0n) is 14.8. The smallest absolute Gasteiger partial charge is 0.227 e. The van der Waals surface area contributed by atoms with Crippen LogP contribution < -0.4 is 10.2 Å². The maximum atomic E-state index is 13.1. The molecule has 0 bridgehead atoms. The van der Waals surface area contributed by atoms with Gasteiger partial charge in [-0.1, -0.05) is 0 Å². The summed E-state index contributed by atoms with van der Waals surface area (Å²) in [6.07, 6.45) is 7.82. The van der Waals surface area contributed by atoms with Crippen molar-refractivity contribution in [3.8, 4) is 0 Å². The number of amides is 1. The topological polar surface area (TPSA) is 71.2 Å². The summed E-state index contributed by atoms with van der Waals surface area (Å²) in [7, 11) is 3.84. The van der Waals surface area contributed by atoms with Gasteiger partial charge in [0, 0.05) is 71.7 Å². The zero-order valence-corrected chi connectivity index (χ0v) is 14.8. The van der Waals surface area contributed by atoms with E-state index in [1.54, 1.807) is 0 Å². The highest BCUT2D eigenvalue weighted by Crippen LogP contribution is 2.29. The molecule has 0 aromatic carbocycles. The molecule has 4 heterocycles. The van der Waals surface area contributed by atoms with E-state index in [9.17, 15) is 4.79 Å². The summed E-state index contributed by atoms with van der Waals surface area (Å²) in [4.78, 5) is 17.4. The lowest BCUT2D eigenvalue weighted by Gasteiger charge is -2.37. The lowest BCUT2D eigenvalue weighted by molar-refractivity contribution is -0.135. The molecule has 25 heavy (non-hydrogen) atoms. The second kappa shape index (κ2) is 6.51. The normalized spacial score (nSPS) is 24.1. The Labute approximate surface area is 147 Å². The minimum absolute atomic E-state index is 0.00846. The van der Waals surface area contributed by atoms with Gasteiger partial charge >= 0.3 is 0 Å². The van der Waals surface area contributed by atoms with Crippen molar-refractivity contribution in [1.82, 2.24) is 29.8 Å². The van der Waals surface area contributed by atoms with E-state index in [0.717, 1.165) is 50.5 Å². The van der Waals surface area contributed by atoms with Crippen LogP contribution in [0.25, 0.3) is 0 Å². The molecule has 2 atom stereocenters.